The first-order valence-electron chi connectivity index (χ1n) is 6.33. The zero-order valence-corrected chi connectivity index (χ0v) is 12.3. The van der Waals surface area contributed by atoms with Gasteiger partial charge in [0.25, 0.3) is 0 Å². The normalized spacial score (nSPS) is 10.5. The molecule has 0 amide bonds. The summed E-state index contributed by atoms with van der Waals surface area (Å²) in [5, 5.41) is 0.471. The van der Waals surface area contributed by atoms with E-state index in [0.717, 1.165) is 30.2 Å². The van der Waals surface area contributed by atoms with Gasteiger partial charge in [-0.05, 0) is 25.8 Å². The summed E-state index contributed by atoms with van der Waals surface area (Å²) in [5.41, 5.74) is 3.11. The van der Waals surface area contributed by atoms with E-state index in [1.807, 2.05) is 27.0 Å². The number of rotatable bonds is 4. The van der Waals surface area contributed by atoms with Crippen LogP contribution >= 0.6 is 11.6 Å². The van der Waals surface area contributed by atoms with Crippen molar-refractivity contribution in [2.24, 2.45) is 0 Å². The average molecular weight is 276 g/mol. The van der Waals surface area contributed by atoms with Gasteiger partial charge in [-0.15, -0.1) is 0 Å². The first kappa shape index (κ1) is 13.8. The Morgan fingerprint density at radius 2 is 1.68 bits per heavy atom. The summed E-state index contributed by atoms with van der Waals surface area (Å²) in [4.78, 5) is 10.9. The maximum atomic E-state index is 6.16. The number of aromatic nitrogens is 2. The second-order valence-electron chi connectivity index (χ2n) is 4.67. The third-order valence-corrected chi connectivity index (χ3v) is 3.44. The molecule has 0 radical (unpaired) electrons. The quantitative estimate of drug-likeness (QED) is 0.856. The molecule has 3 nitrogen and oxygen atoms in total. The molecule has 1 aromatic carbocycles. The van der Waals surface area contributed by atoms with Crippen molar-refractivity contribution in [1.29, 1.82) is 0 Å². The lowest BCUT2D eigenvalue weighted by molar-refractivity contribution is 0.846. The van der Waals surface area contributed by atoms with Gasteiger partial charge in [0.2, 0.25) is 0 Å². The minimum absolute atomic E-state index is 0.471. The molecule has 19 heavy (non-hydrogen) atoms. The van der Waals surface area contributed by atoms with Crippen molar-refractivity contribution in [3.05, 3.63) is 52.4 Å². The van der Waals surface area contributed by atoms with Crippen LogP contribution in [-0.4, -0.2) is 23.6 Å². The molecule has 0 atom stereocenters. The number of nitrogens with zero attached hydrogens (tertiary/aromatic N) is 3. The maximum Gasteiger partial charge on any atom is 0.171 e. The molecular weight excluding hydrogens is 258 g/mol. The smallest absolute Gasteiger partial charge is 0.171 e. The summed E-state index contributed by atoms with van der Waals surface area (Å²) in [6.07, 6.45) is 0.961. The summed E-state index contributed by atoms with van der Waals surface area (Å²) in [7, 11) is 1.99. The van der Waals surface area contributed by atoms with E-state index in [1.54, 1.807) is 0 Å². The van der Waals surface area contributed by atoms with E-state index in [1.165, 1.54) is 5.56 Å². The van der Waals surface area contributed by atoms with Crippen molar-refractivity contribution in [1.82, 2.24) is 9.97 Å². The second-order valence-corrected chi connectivity index (χ2v) is 5.02. The molecular formula is C15H18ClN3. The van der Waals surface area contributed by atoms with Gasteiger partial charge in [0.15, 0.2) is 11.0 Å². The number of hydrogen-bond donors (Lipinski definition) is 0. The lowest BCUT2D eigenvalue weighted by Gasteiger charge is -2.19. The fraction of sp³-hybridized carbons (Fsp3) is 0.333. The summed E-state index contributed by atoms with van der Waals surface area (Å²) in [5.74, 6) is 0.751. The van der Waals surface area contributed by atoms with Gasteiger partial charge >= 0.3 is 0 Å². The Bertz CT molecular complexity index is 555. The SMILES string of the molecule is Cc1nc(Cl)c(N(C)CCc2ccccc2)nc1C. The number of anilines is 1. The Balaban J connectivity index is 2.08. The van der Waals surface area contributed by atoms with E-state index < -0.39 is 0 Å². The summed E-state index contributed by atoms with van der Waals surface area (Å²) in [6.45, 7) is 4.73. The van der Waals surface area contributed by atoms with Gasteiger partial charge < -0.3 is 4.90 Å². The van der Waals surface area contributed by atoms with Crippen LogP contribution in [0.2, 0.25) is 5.15 Å². The van der Waals surface area contributed by atoms with Crippen molar-refractivity contribution in [3.8, 4) is 0 Å². The maximum absolute atomic E-state index is 6.16. The van der Waals surface area contributed by atoms with E-state index in [-0.39, 0.29) is 0 Å². The Morgan fingerprint density at radius 1 is 1.05 bits per heavy atom. The van der Waals surface area contributed by atoms with Crippen LogP contribution in [0.1, 0.15) is 17.0 Å². The summed E-state index contributed by atoms with van der Waals surface area (Å²) >= 11 is 6.16. The van der Waals surface area contributed by atoms with Crippen molar-refractivity contribution in [3.63, 3.8) is 0 Å². The Labute approximate surface area is 119 Å². The molecule has 0 bridgehead atoms. The van der Waals surface area contributed by atoms with E-state index >= 15 is 0 Å². The van der Waals surface area contributed by atoms with E-state index in [4.69, 9.17) is 11.6 Å². The molecule has 0 unspecified atom stereocenters. The number of aryl methyl sites for hydroxylation is 2. The van der Waals surface area contributed by atoms with Crippen LogP contribution in [0.3, 0.4) is 0 Å². The fourth-order valence-corrected chi connectivity index (χ4v) is 2.17. The van der Waals surface area contributed by atoms with Crippen molar-refractivity contribution in [2.75, 3.05) is 18.5 Å². The third kappa shape index (κ3) is 3.44. The van der Waals surface area contributed by atoms with E-state index in [2.05, 4.69) is 39.1 Å². The first-order chi connectivity index (χ1) is 9.08. The van der Waals surface area contributed by atoms with Gasteiger partial charge in [-0.1, -0.05) is 41.9 Å². The fourth-order valence-electron chi connectivity index (χ4n) is 1.85. The highest BCUT2D eigenvalue weighted by Crippen LogP contribution is 2.21. The zero-order valence-electron chi connectivity index (χ0n) is 11.5. The van der Waals surface area contributed by atoms with E-state index in [0.29, 0.717) is 5.15 Å². The van der Waals surface area contributed by atoms with Gasteiger partial charge in [-0.25, -0.2) is 9.97 Å². The van der Waals surface area contributed by atoms with Crippen LogP contribution in [0.25, 0.3) is 0 Å². The molecule has 0 aliphatic heterocycles. The minimum Gasteiger partial charge on any atom is -0.357 e. The van der Waals surface area contributed by atoms with Crippen LogP contribution in [0.5, 0.6) is 0 Å². The number of likely N-dealkylation sites (N-methyl/N-ethyl adjacent to an activating group) is 1. The monoisotopic (exact) mass is 275 g/mol. The summed E-state index contributed by atoms with van der Waals surface area (Å²) in [6, 6.07) is 10.4. The van der Waals surface area contributed by atoms with Gasteiger partial charge in [0.05, 0.1) is 11.4 Å². The molecule has 0 aliphatic carbocycles. The van der Waals surface area contributed by atoms with Gasteiger partial charge in [-0.3, -0.25) is 0 Å². The standard InChI is InChI=1S/C15H18ClN3/c1-11-12(2)18-15(14(16)17-11)19(3)10-9-13-7-5-4-6-8-13/h4-8H,9-10H2,1-3H3. The predicted molar refractivity (Wildman–Crippen MR) is 79.9 cm³/mol. The van der Waals surface area contributed by atoms with Crippen LogP contribution in [0, 0.1) is 13.8 Å². The highest BCUT2D eigenvalue weighted by molar-refractivity contribution is 6.31. The summed E-state index contributed by atoms with van der Waals surface area (Å²) < 4.78 is 0. The molecule has 2 aromatic rings. The van der Waals surface area contributed by atoms with Crippen molar-refractivity contribution < 1.29 is 0 Å². The number of hydrogen-bond acceptors (Lipinski definition) is 3. The minimum atomic E-state index is 0.471. The van der Waals surface area contributed by atoms with Crippen LogP contribution in [0.15, 0.2) is 30.3 Å². The Morgan fingerprint density at radius 3 is 2.37 bits per heavy atom. The molecule has 0 saturated heterocycles. The second kappa shape index (κ2) is 6.02. The molecule has 0 N–H and O–H groups in total. The molecule has 0 aliphatic rings. The molecule has 1 aromatic heterocycles. The van der Waals surface area contributed by atoms with Gasteiger partial charge in [-0.2, -0.15) is 0 Å². The molecule has 4 heteroatoms. The molecule has 1 heterocycles. The predicted octanol–water partition coefficient (Wildman–Crippen LogP) is 3.43. The zero-order chi connectivity index (χ0) is 13.8. The molecule has 0 spiro atoms. The largest absolute Gasteiger partial charge is 0.357 e. The topological polar surface area (TPSA) is 29.0 Å². The number of halogens is 1. The average Bonchev–Trinajstić information content (AvgIpc) is 2.41. The lowest BCUT2D eigenvalue weighted by Crippen LogP contribution is -2.22. The van der Waals surface area contributed by atoms with Crippen molar-refractivity contribution in [2.45, 2.75) is 20.3 Å². The Hall–Kier alpha value is -1.61. The Kier molecular flexibility index (Phi) is 4.38. The van der Waals surface area contributed by atoms with Gasteiger partial charge in [0.1, 0.15) is 0 Å². The number of benzene rings is 1. The molecule has 100 valence electrons. The third-order valence-electron chi connectivity index (χ3n) is 3.19. The first-order valence-corrected chi connectivity index (χ1v) is 6.71. The van der Waals surface area contributed by atoms with Gasteiger partial charge in [0, 0.05) is 13.6 Å². The molecule has 0 fully saturated rings. The lowest BCUT2D eigenvalue weighted by atomic mass is 10.1. The van der Waals surface area contributed by atoms with Crippen LogP contribution in [-0.2, 0) is 6.42 Å². The highest BCUT2D eigenvalue weighted by atomic mass is 35.5. The van der Waals surface area contributed by atoms with Crippen LogP contribution < -0.4 is 4.90 Å². The molecule has 0 saturated carbocycles. The van der Waals surface area contributed by atoms with E-state index in [9.17, 15) is 0 Å². The van der Waals surface area contributed by atoms with Crippen molar-refractivity contribution >= 4 is 17.4 Å². The highest BCUT2D eigenvalue weighted by Gasteiger charge is 2.11. The molecule has 2 rings (SSSR count). The van der Waals surface area contributed by atoms with Crippen LogP contribution in [0.4, 0.5) is 5.82 Å².